The molecule has 2 rings (SSSR count). The molecule has 78 valence electrons. The maximum Gasteiger partial charge on any atom is 0.0314 e. The smallest absolute Gasteiger partial charge is 0.0314 e. The van der Waals surface area contributed by atoms with E-state index in [4.69, 9.17) is 11.6 Å². The van der Waals surface area contributed by atoms with E-state index in [2.05, 4.69) is 27.4 Å². The summed E-state index contributed by atoms with van der Waals surface area (Å²) >= 11 is 11.6. The van der Waals surface area contributed by atoms with Gasteiger partial charge in [0.25, 0.3) is 0 Å². The molecule has 0 amide bonds. The molecule has 0 nitrogen and oxygen atoms in total. The zero-order valence-corrected chi connectivity index (χ0v) is 11.2. The Bertz CT molecular complexity index is 302. The third-order valence-corrected chi connectivity index (χ3v) is 5.67. The summed E-state index contributed by atoms with van der Waals surface area (Å²) in [5.74, 6) is 0.817. The van der Waals surface area contributed by atoms with Crippen molar-refractivity contribution < 1.29 is 0 Å². The van der Waals surface area contributed by atoms with E-state index in [1.165, 1.54) is 35.0 Å². The van der Waals surface area contributed by atoms with E-state index in [0.29, 0.717) is 5.41 Å². The number of alkyl halides is 1. The fraction of sp³-hybridized carbons (Fsp3) is 0.636. The number of hydrogen-bond donors (Lipinski definition) is 0. The summed E-state index contributed by atoms with van der Waals surface area (Å²) in [6.45, 7) is 0. The lowest BCUT2D eigenvalue weighted by Gasteiger charge is -2.25. The summed E-state index contributed by atoms with van der Waals surface area (Å²) in [5, 5.41) is 2.15. The summed E-state index contributed by atoms with van der Waals surface area (Å²) in [6, 6.07) is 2.14. The highest BCUT2D eigenvalue weighted by Crippen LogP contribution is 2.43. The molecule has 1 saturated carbocycles. The Morgan fingerprint density at radius 1 is 1.43 bits per heavy atom. The standard InChI is InChI=1S/C11H14BrClS/c12-9-3-6-14-10(9)7-11(8-13)4-1-2-5-11/h3,6H,1-2,4-5,7-8H2. The van der Waals surface area contributed by atoms with Crippen LogP contribution in [-0.2, 0) is 6.42 Å². The summed E-state index contributed by atoms with van der Waals surface area (Å²) in [6.07, 6.45) is 6.49. The Morgan fingerprint density at radius 3 is 2.64 bits per heavy atom. The van der Waals surface area contributed by atoms with Crippen molar-refractivity contribution in [3.8, 4) is 0 Å². The second kappa shape index (κ2) is 4.54. The Hall–Kier alpha value is 0.470. The van der Waals surface area contributed by atoms with Crippen LogP contribution in [0.1, 0.15) is 30.6 Å². The number of halogens is 2. The van der Waals surface area contributed by atoms with Crippen LogP contribution in [-0.4, -0.2) is 5.88 Å². The van der Waals surface area contributed by atoms with Gasteiger partial charge in [0.15, 0.2) is 0 Å². The fourth-order valence-electron chi connectivity index (χ4n) is 2.27. The number of thiophene rings is 1. The van der Waals surface area contributed by atoms with Gasteiger partial charge in [0.1, 0.15) is 0 Å². The monoisotopic (exact) mass is 292 g/mol. The van der Waals surface area contributed by atoms with E-state index >= 15 is 0 Å². The van der Waals surface area contributed by atoms with Crippen molar-refractivity contribution in [3.63, 3.8) is 0 Å². The lowest BCUT2D eigenvalue weighted by atomic mass is 9.84. The van der Waals surface area contributed by atoms with E-state index in [-0.39, 0.29) is 0 Å². The molecular formula is C11H14BrClS. The van der Waals surface area contributed by atoms with E-state index in [1.54, 1.807) is 0 Å². The van der Waals surface area contributed by atoms with Gasteiger partial charge in [-0.05, 0) is 52.1 Å². The van der Waals surface area contributed by atoms with Crippen molar-refractivity contribution in [2.45, 2.75) is 32.1 Å². The van der Waals surface area contributed by atoms with Gasteiger partial charge >= 0.3 is 0 Å². The molecule has 1 aliphatic carbocycles. The van der Waals surface area contributed by atoms with Gasteiger partial charge in [-0.3, -0.25) is 0 Å². The first kappa shape index (κ1) is 11.0. The normalized spacial score (nSPS) is 20.1. The van der Waals surface area contributed by atoms with Gasteiger partial charge in [0.05, 0.1) is 0 Å². The molecule has 1 heterocycles. The van der Waals surface area contributed by atoms with Gasteiger partial charge in [-0.1, -0.05) is 12.8 Å². The fourth-order valence-corrected chi connectivity index (χ4v) is 4.30. The van der Waals surface area contributed by atoms with Crippen molar-refractivity contribution in [2.75, 3.05) is 5.88 Å². The lowest BCUT2D eigenvalue weighted by Crippen LogP contribution is -2.21. The molecule has 1 fully saturated rings. The first-order chi connectivity index (χ1) is 6.76. The van der Waals surface area contributed by atoms with Gasteiger partial charge in [0.2, 0.25) is 0 Å². The molecule has 1 aromatic heterocycles. The predicted octanol–water partition coefficient (Wildman–Crippen LogP) is 4.85. The van der Waals surface area contributed by atoms with Crippen LogP contribution in [0.2, 0.25) is 0 Å². The van der Waals surface area contributed by atoms with E-state index < -0.39 is 0 Å². The summed E-state index contributed by atoms with van der Waals surface area (Å²) in [5.41, 5.74) is 0.398. The lowest BCUT2D eigenvalue weighted by molar-refractivity contribution is 0.343. The molecule has 14 heavy (non-hydrogen) atoms. The molecule has 1 aromatic rings. The molecule has 3 heteroatoms. The minimum Gasteiger partial charge on any atom is -0.148 e. The van der Waals surface area contributed by atoms with Gasteiger partial charge in [-0.15, -0.1) is 22.9 Å². The van der Waals surface area contributed by atoms with Crippen molar-refractivity contribution in [1.82, 2.24) is 0 Å². The Balaban J connectivity index is 2.12. The van der Waals surface area contributed by atoms with Gasteiger partial charge in [0, 0.05) is 15.2 Å². The SMILES string of the molecule is ClCC1(Cc2sccc2Br)CCCC1. The third-order valence-electron chi connectivity index (χ3n) is 3.17. The first-order valence-electron chi connectivity index (χ1n) is 5.04. The molecule has 0 radical (unpaired) electrons. The van der Waals surface area contributed by atoms with Crippen LogP contribution in [0.3, 0.4) is 0 Å². The maximum atomic E-state index is 6.12. The zero-order chi connectivity index (χ0) is 10.0. The zero-order valence-electron chi connectivity index (χ0n) is 8.06. The second-order valence-corrected chi connectivity index (χ2v) is 6.33. The second-order valence-electron chi connectivity index (χ2n) is 4.21. The van der Waals surface area contributed by atoms with Crippen LogP contribution in [0.4, 0.5) is 0 Å². The van der Waals surface area contributed by atoms with Crippen molar-refractivity contribution >= 4 is 38.9 Å². The largest absolute Gasteiger partial charge is 0.148 e. The molecule has 0 aliphatic heterocycles. The maximum absolute atomic E-state index is 6.12. The summed E-state index contributed by atoms with van der Waals surface area (Å²) < 4.78 is 1.26. The van der Waals surface area contributed by atoms with E-state index in [1.807, 2.05) is 11.3 Å². The number of rotatable bonds is 3. The average Bonchev–Trinajstić information content (AvgIpc) is 2.79. The molecule has 0 N–H and O–H groups in total. The van der Waals surface area contributed by atoms with Crippen molar-refractivity contribution in [2.24, 2.45) is 5.41 Å². The highest BCUT2D eigenvalue weighted by molar-refractivity contribution is 9.10. The third kappa shape index (κ3) is 2.17. The number of hydrogen-bond acceptors (Lipinski definition) is 1. The predicted molar refractivity (Wildman–Crippen MR) is 67.3 cm³/mol. The van der Waals surface area contributed by atoms with E-state index in [9.17, 15) is 0 Å². The molecule has 0 bridgehead atoms. The Morgan fingerprint density at radius 2 is 2.14 bits per heavy atom. The topological polar surface area (TPSA) is 0 Å². The van der Waals surface area contributed by atoms with Crippen LogP contribution in [0.15, 0.2) is 15.9 Å². The molecule has 0 aromatic carbocycles. The minimum absolute atomic E-state index is 0.398. The summed E-state index contributed by atoms with van der Waals surface area (Å²) in [4.78, 5) is 1.47. The molecule has 0 saturated heterocycles. The highest BCUT2D eigenvalue weighted by atomic mass is 79.9. The van der Waals surface area contributed by atoms with Gasteiger partial charge < -0.3 is 0 Å². The Labute approximate surface area is 103 Å². The van der Waals surface area contributed by atoms with Crippen LogP contribution >= 0.6 is 38.9 Å². The van der Waals surface area contributed by atoms with Crippen LogP contribution < -0.4 is 0 Å². The molecule has 0 spiro atoms. The van der Waals surface area contributed by atoms with Crippen LogP contribution in [0.25, 0.3) is 0 Å². The molecular weight excluding hydrogens is 280 g/mol. The molecule has 1 aliphatic rings. The molecule has 0 atom stereocenters. The van der Waals surface area contributed by atoms with Gasteiger partial charge in [-0.2, -0.15) is 0 Å². The summed E-state index contributed by atoms with van der Waals surface area (Å²) in [7, 11) is 0. The van der Waals surface area contributed by atoms with E-state index in [0.717, 1.165) is 12.3 Å². The Kier molecular flexibility index (Phi) is 3.56. The van der Waals surface area contributed by atoms with Crippen LogP contribution in [0, 0.1) is 5.41 Å². The first-order valence-corrected chi connectivity index (χ1v) is 7.24. The molecule has 0 unspecified atom stereocenters. The minimum atomic E-state index is 0.398. The quantitative estimate of drug-likeness (QED) is 0.699. The highest BCUT2D eigenvalue weighted by Gasteiger charge is 2.33. The van der Waals surface area contributed by atoms with Gasteiger partial charge in [-0.25, -0.2) is 0 Å². The van der Waals surface area contributed by atoms with Crippen molar-refractivity contribution in [1.29, 1.82) is 0 Å². The van der Waals surface area contributed by atoms with Crippen molar-refractivity contribution in [3.05, 3.63) is 20.8 Å². The average molecular weight is 294 g/mol. The van der Waals surface area contributed by atoms with Crippen LogP contribution in [0.5, 0.6) is 0 Å².